The van der Waals surface area contributed by atoms with Crippen LogP contribution in [0.3, 0.4) is 0 Å². The Hall–Kier alpha value is -1.13. The second-order valence-corrected chi connectivity index (χ2v) is 6.08. The van der Waals surface area contributed by atoms with Gasteiger partial charge in [0.25, 0.3) is 0 Å². The molecule has 0 spiro atoms. The first-order valence-corrected chi connectivity index (χ1v) is 6.92. The Morgan fingerprint density at radius 2 is 1.95 bits per heavy atom. The first kappa shape index (κ1) is 15.9. The lowest BCUT2D eigenvalue weighted by Crippen LogP contribution is -2.36. The van der Waals surface area contributed by atoms with E-state index in [1.807, 2.05) is 6.20 Å². The highest BCUT2D eigenvalue weighted by atomic mass is 15.2. The number of anilines is 1. The average Bonchev–Trinajstić information content (AvgIpc) is 2.38. The minimum atomic E-state index is 0.157. The van der Waals surface area contributed by atoms with Crippen LogP contribution in [0, 0.1) is 5.41 Å². The molecule has 0 aliphatic carbocycles. The van der Waals surface area contributed by atoms with Crippen molar-refractivity contribution in [3.63, 3.8) is 0 Å². The van der Waals surface area contributed by atoms with E-state index in [0.29, 0.717) is 6.54 Å². The standard InChI is InChI=1S/C15H28N4/c1-6-19(5)14-8-7-13(9-17-14)10-18(4)12-15(2,3)11-16/h7-9H,6,10-12,16H2,1-5H3. The van der Waals surface area contributed by atoms with Crippen LogP contribution >= 0.6 is 0 Å². The quantitative estimate of drug-likeness (QED) is 0.817. The van der Waals surface area contributed by atoms with Crippen molar-refractivity contribution in [1.29, 1.82) is 0 Å². The molecule has 0 atom stereocenters. The molecule has 4 nitrogen and oxygen atoms in total. The minimum Gasteiger partial charge on any atom is -0.360 e. The molecule has 1 aromatic rings. The van der Waals surface area contributed by atoms with Crippen molar-refractivity contribution in [2.24, 2.45) is 11.1 Å². The normalized spacial score (nSPS) is 11.9. The van der Waals surface area contributed by atoms with Crippen LogP contribution in [0.25, 0.3) is 0 Å². The molecule has 1 rings (SSSR count). The van der Waals surface area contributed by atoms with Gasteiger partial charge in [-0.3, -0.25) is 0 Å². The van der Waals surface area contributed by atoms with Gasteiger partial charge in [-0.05, 0) is 37.6 Å². The lowest BCUT2D eigenvalue weighted by atomic mass is 9.93. The van der Waals surface area contributed by atoms with Gasteiger partial charge in [-0.15, -0.1) is 0 Å². The first-order valence-electron chi connectivity index (χ1n) is 6.92. The Morgan fingerprint density at radius 1 is 1.26 bits per heavy atom. The monoisotopic (exact) mass is 264 g/mol. The summed E-state index contributed by atoms with van der Waals surface area (Å²) in [5.74, 6) is 1.02. The van der Waals surface area contributed by atoms with Crippen molar-refractivity contribution in [1.82, 2.24) is 9.88 Å². The molecule has 0 aromatic carbocycles. The lowest BCUT2D eigenvalue weighted by Gasteiger charge is -2.29. The minimum absolute atomic E-state index is 0.157. The molecule has 0 radical (unpaired) electrons. The summed E-state index contributed by atoms with van der Waals surface area (Å²) >= 11 is 0. The molecule has 108 valence electrons. The van der Waals surface area contributed by atoms with Gasteiger partial charge in [0.05, 0.1) is 0 Å². The Labute approximate surface area is 117 Å². The van der Waals surface area contributed by atoms with Crippen LogP contribution in [0.15, 0.2) is 18.3 Å². The summed E-state index contributed by atoms with van der Waals surface area (Å²) in [6.45, 7) is 10.1. The van der Waals surface area contributed by atoms with Crippen molar-refractivity contribution in [3.05, 3.63) is 23.9 Å². The molecule has 1 aromatic heterocycles. The number of aromatic nitrogens is 1. The SMILES string of the molecule is CCN(C)c1ccc(CN(C)CC(C)(C)CN)cn1. The van der Waals surface area contributed by atoms with Crippen LogP contribution in [-0.4, -0.2) is 43.6 Å². The van der Waals surface area contributed by atoms with E-state index in [1.165, 1.54) is 5.56 Å². The summed E-state index contributed by atoms with van der Waals surface area (Å²) in [5.41, 5.74) is 7.17. The Kier molecular flexibility index (Phi) is 5.76. The Bertz CT molecular complexity index is 372. The van der Waals surface area contributed by atoms with Gasteiger partial charge in [0, 0.05) is 32.9 Å². The topological polar surface area (TPSA) is 45.4 Å². The van der Waals surface area contributed by atoms with Crippen LogP contribution in [0.4, 0.5) is 5.82 Å². The largest absolute Gasteiger partial charge is 0.360 e. The van der Waals surface area contributed by atoms with Crippen LogP contribution in [0.2, 0.25) is 0 Å². The molecule has 4 heteroatoms. The second kappa shape index (κ2) is 6.87. The number of hydrogen-bond donors (Lipinski definition) is 1. The summed E-state index contributed by atoms with van der Waals surface area (Å²) in [5, 5.41) is 0. The van der Waals surface area contributed by atoms with Crippen LogP contribution in [0.1, 0.15) is 26.3 Å². The van der Waals surface area contributed by atoms with Crippen LogP contribution in [-0.2, 0) is 6.54 Å². The predicted octanol–water partition coefficient (Wildman–Crippen LogP) is 1.95. The first-order chi connectivity index (χ1) is 8.88. The molecule has 0 unspecified atom stereocenters. The third-order valence-electron chi connectivity index (χ3n) is 3.38. The molecular formula is C15H28N4. The van der Waals surface area contributed by atoms with Gasteiger partial charge in [-0.25, -0.2) is 4.98 Å². The number of rotatable bonds is 7. The molecule has 0 bridgehead atoms. The van der Waals surface area contributed by atoms with E-state index >= 15 is 0 Å². The number of nitrogens with zero attached hydrogens (tertiary/aromatic N) is 3. The van der Waals surface area contributed by atoms with Gasteiger partial charge >= 0.3 is 0 Å². The van der Waals surface area contributed by atoms with Crippen LogP contribution in [0.5, 0.6) is 0 Å². The van der Waals surface area contributed by atoms with Crippen molar-refractivity contribution in [2.45, 2.75) is 27.3 Å². The zero-order valence-corrected chi connectivity index (χ0v) is 13.0. The Balaban J connectivity index is 2.58. The maximum atomic E-state index is 5.77. The third kappa shape index (κ3) is 5.17. The molecule has 0 saturated carbocycles. The number of nitrogens with two attached hydrogens (primary N) is 1. The summed E-state index contributed by atoms with van der Waals surface area (Å²) in [7, 11) is 4.18. The number of hydrogen-bond acceptors (Lipinski definition) is 4. The molecule has 0 saturated heterocycles. The van der Waals surface area contributed by atoms with Crippen molar-refractivity contribution in [2.75, 3.05) is 38.6 Å². The van der Waals surface area contributed by atoms with Gasteiger partial charge in [0.15, 0.2) is 0 Å². The molecule has 1 heterocycles. The van der Waals surface area contributed by atoms with E-state index in [1.54, 1.807) is 0 Å². The van der Waals surface area contributed by atoms with E-state index in [0.717, 1.165) is 25.5 Å². The van der Waals surface area contributed by atoms with Gasteiger partial charge < -0.3 is 15.5 Å². The zero-order valence-electron chi connectivity index (χ0n) is 13.0. The van der Waals surface area contributed by atoms with E-state index in [9.17, 15) is 0 Å². The second-order valence-electron chi connectivity index (χ2n) is 6.08. The van der Waals surface area contributed by atoms with Crippen molar-refractivity contribution in [3.8, 4) is 0 Å². The average molecular weight is 264 g/mol. The smallest absolute Gasteiger partial charge is 0.128 e. The van der Waals surface area contributed by atoms with Gasteiger partial charge in [-0.2, -0.15) is 0 Å². The summed E-state index contributed by atoms with van der Waals surface area (Å²) in [6, 6.07) is 4.24. The lowest BCUT2D eigenvalue weighted by molar-refractivity contribution is 0.210. The molecule has 0 aliphatic heterocycles. The van der Waals surface area contributed by atoms with E-state index in [-0.39, 0.29) is 5.41 Å². The van der Waals surface area contributed by atoms with Gasteiger partial charge in [-0.1, -0.05) is 19.9 Å². The fourth-order valence-corrected chi connectivity index (χ4v) is 2.06. The van der Waals surface area contributed by atoms with Crippen molar-refractivity contribution >= 4 is 5.82 Å². The highest BCUT2D eigenvalue weighted by molar-refractivity contribution is 5.37. The fourth-order valence-electron chi connectivity index (χ4n) is 2.06. The summed E-state index contributed by atoms with van der Waals surface area (Å²) in [6.07, 6.45) is 1.97. The molecule has 0 aliphatic rings. The molecule has 0 amide bonds. The molecule has 19 heavy (non-hydrogen) atoms. The Morgan fingerprint density at radius 3 is 2.42 bits per heavy atom. The molecule has 0 fully saturated rings. The highest BCUT2D eigenvalue weighted by Gasteiger charge is 2.18. The molecular weight excluding hydrogens is 236 g/mol. The van der Waals surface area contributed by atoms with Crippen molar-refractivity contribution < 1.29 is 0 Å². The van der Waals surface area contributed by atoms with E-state index in [2.05, 4.69) is 61.8 Å². The van der Waals surface area contributed by atoms with Crippen LogP contribution < -0.4 is 10.6 Å². The van der Waals surface area contributed by atoms with Gasteiger partial charge in [0.2, 0.25) is 0 Å². The number of pyridine rings is 1. The molecule has 2 N–H and O–H groups in total. The van der Waals surface area contributed by atoms with Gasteiger partial charge in [0.1, 0.15) is 5.82 Å². The summed E-state index contributed by atoms with van der Waals surface area (Å²) < 4.78 is 0. The zero-order chi connectivity index (χ0) is 14.5. The maximum Gasteiger partial charge on any atom is 0.128 e. The third-order valence-corrected chi connectivity index (χ3v) is 3.38. The maximum absolute atomic E-state index is 5.77. The fraction of sp³-hybridized carbons (Fsp3) is 0.667. The van der Waals surface area contributed by atoms with E-state index in [4.69, 9.17) is 5.73 Å². The summed E-state index contributed by atoms with van der Waals surface area (Å²) in [4.78, 5) is 8.92. The predicted molar refractivity (Wildman–Crippen MR) is 82.4 cm³/mol. The van der Waals surface area contributed by atoms with E-state index < -0.39 is 0 Å². The highest BCUT2D eigenvalue weighted by Crippen LogP contribution is 2.16.